The Morgan fingerprint density at radius 1 is 1.20 bits per heavy atom. The molecule has 10 nitrogen and oxygen atoms in total. The predicted molar refractivity (Wildman–Crippen MR) is 125 cm³/mol. The van der Waals surface area contributed by atoms with Crippen LogP contribution in [0.15, 0.2) is 58.2 Å². The number of nitrogens with one attached hydrogen (secondary N) is 1. The maximum absolute atomic E-state index is 13.2. The van der Waals surface area contributed by atoms with Gasteiger partial charge in [0.25, 0.3) is 0 Å². The standard InChI is InChI=1S/C23H24FN3O7S/c1-3-8-33-26-21(22-12-20(27-34-22)16-4-6-18(24)7-5-16)14-32-19-10-15(13-25-35(2,30)31)9-17(11-19)23(28)29/h4-7,9-12,25H,3,8,13-14H2,1-2H3,(H,28,29)/b26-21+. The van der Waals surface area contributed by atoms with E-state index in [2.05, 4.69) is 15.0 Å². The molecule has 0 fully saturated rings. The van der Waals surface area contributed by atoms with Crippen molar-refractivity contribution < 1.29 is 36.8 Å². The zero-order valence-electron chi connectivity index (χ0n) is 19.0. The SMILES string of the molecule is CCCO/N=C(\COc1cc(CNS(C)(=O)=O)cc(C(=O)O)c1)c1cc(-c2ccc(F)cc2)no1. The van der Waals surface area contributed by atoms with Gasteiger partial charge in [-0.3, -0.25) is 0 Å². The Hall–Kier alpha value is -3.77. The average Bonchev–Trinajstić information content (AvgIpc) is 3.30. The number of halogens is 1. The summed E-state index contributed by atoms with van der Waals surface area (Å²) in [5, 5.41) is 17.4. The summed E-state index contributed by atoms with van der Waals surface area (Å²) in [4.78, 5) is 16.8. The van der Waals surface area contributed by atoms with Crippen molar-refractivity contribution in [1.82, 2.24) is 9.88 Å². The highest BCUT2D eigenvalue weighted by Crippen LogP contribution is 2.22. The smallest absolute Gasteiger partial charge is 0.335 e. The third-order valence-electron chi connectivity index (χ3n) is 4.53. The molecule has 12 heteroatoms. The molecule has 0 bridgehead atoms. The summed E-state index contributed by atoms with van der Waals surface area (Å²) in [5.41, 5.74) is 1.64. The highest BCUT2D eigenvalue weighted by Gasteiger charge is 2.16. The topological polar surface area (TPSA) is 140 Å². The summed E-state index contributed by atoms with van der Waals surface area (Å²) >= 11 is 0. The van der Waals surface area contributed by atoms with Gasteiger partial charge in [0.2, 0.25) is 10.0 Å². The van der Waals surface area contributed by atoms with E-state index in [1.54, 1.807) is 18.2 Å². The van der Waals surface area contributed by atoms with Gasteiger partial charge in [0.1, 0.15) is 30.5 Å². The number of oxime groups is 1. The van der Waals surface area contributed by atoms with Crippen molar-refractivity contribution in [2.75, 3.05) is 19.5 Å². The Balaban J connectivity index is 1.83. The van der Waals surface area contributed by atoms with Gasteiger partial charge in [-0.05, 0) is 54.4 Å². The molecule has 0 aliphatic rings. The van der Waals surface area contributed by atoms with Crippen LogP contribution in [0.25, 0.3) is 11.3 Å². The summed E-state index contributed by atoms with van der Waals surface area (Å²) < 4.78 is 49.5. The van der Waals surface area contributed by atoms with Crippen LogP contribution in [0.4, 0.5) is 4.39 Å². The number of aromatic carboxylic acids is 1. The van der Waals surface area contributed by atoms with Crippen LogP contribution in [0.3, 0.4) is 0 Å². The van der Waals surface area contributed by atoms with Gasteiger partial charge in [0, 0.05) is 18.2 Å². The molecule has 0 saturated carbocycles. The second-order valence-electron chi connectivity index (χ2n) is 7.51. The van der Waals surface area contributed by atoms with Gasteiger partial charge in [0.05, 0.1) is 11.8 Å². The van der Waals surface area contributed by atoms with Gasteiger partial charge in [0.15, 0.2) is 11.5 Å². The number of aromatic nitrogens is 1. The van der Waals surface area contributed by atoms with Crippen molar-refractivity contribution in [3.63, 3.8) is 0 Å². The number of benzene rings is 2. The van der Waals surface area contributed by atoms with Gasteiger partial charge in [-0.2, -0.15) is 0 Å². The molecule has 0 radical (unpaired) electrons. The van der Waals surface area contributed by atoms with E-state index >= 15 is 0 Å². The fraction of sp³-hybridized carbons (Fsp3) is 0.261. The molecule has 35 heavy (non-hydrogen) atoms. The molecule has 0 amide bonds. The summed E-state index contributed by atoms with van der Waals surface area (Å²) in [5.74, 6) is -1.16. The highest BCUT2D eigenvalue weighted by molar-refractivity contribution is 7.88. The van der Waals surface area contributed by atoms with Crippen LogP contribution in [-0.2, 0) is 21.4 Å². The van der Waals surface area contributed by atoms with Gasteiger partial charge < -0.3 is 19.2 Å². The van der Waals surface area contributed by atoms with Crippen LogP contribution in [0.1, 0.15) is 35.0 Å². The van der Waals surface area contributed by atoms with E-state index in [9.17, 15) is 22.7 Å². The maximum Gasteiger partial charge on any atom is 0.335 e. The maximum atomic E-state index is 13.2. The van der Waals surface area contributed by atoms with E-state index in [0.717, 1.165) is 6.26 Å². The summed E-state index contributed by atoms with van der Waals surface area (Å²) in [6.45, 7) is 1.98. The monoisotopic (exact) mass is 505 g/mol. The lowest BCUT2D eigenvalue weighted by molar-refractivity contribution is 0.0696. The lowest BCUT2D eigenvalue weighted by Crippen LogP contribution is -2.21. The molecule has 3 aromatic rings. The van der Waals surface area contributed by atoms with Crippen LogP contribution in [0.2, 0.25) is 0 Å². The molecular weight excluding hydrogens is 481 g/mol. The largest absolute Gasteiger partial charge is 0.487 e. The van der Waals surface area contributed by atoms with Crippen LogP contribution in [-0.4, -0.2) is 49.8 Å². The molecule has 0 saturated heterocycles. The summed E-state index contributed by atoms with van der Waals surface area (Å²) in [6, 6.07) is 11.5. The molecule has 2 aromatic carbocycles. The van der Waals surface area contributed by atoms with Crippen molar-refractivity contribution in [3.8, 4) is 17.0 Å². The van der Waals surface area contributed by atoms with Gasteiger partial charge in [-0.15, -0.1) is 0 Å². The van der Waals surface area contributed by atoms with Crippen molar-refractivity contribution >= 4 is 21.7 Å². The second kappa shape index (κ2) is 11.6. The molecule has 3 rings (SSSR count). The fourth-order valence-corrected chi connectivity index (χ4v) is 3.29. The minimum absolute atomic E-state index is 0.0771. The zero-order valence-corrected chi connectivity index (χ0v) is 19.8. The molecular formula is C23H24FN3O7S. The number of carbonyl (C=O) groups is 1. The Morgan fingerprint density at radius 3 is 2.60 bits per heavy atom. The number of hydrogen-bond donors (Lipinski definition) is 2. The normalized spacial score (nSPS) is 11.9. The Morgan fingerprint density at radius 2 is 1.94 bits per heavy atom. The number of hydrogen-bond acceptors (Lipinski definition) is 8. The quantitative estimate of drug-likeness (QED) is 0.217. The van der Waals surface area contributed by atoms with Crippen LogP contribution < -0.4 is 9.46 Å². The molecule has 2 N–H and O–H groups in total. The van der Waals surface area contributed by atoms with E-state index in [1.165, 1.54) is 30.3 Å². The molecule has 0 unspecified atom stereocenters. The first-order valence-corrected chi connectivity index (χ1v) is 12.4. The van der Waals surface area contributed by atoms with Gasteiger partial charge in [-0.25, -0.2) is 22.3 Å². The molecule has 0 spiro atoms. The van der Waals surface area contributed by atoms with Gasteiger partial charge >= 0.3 is 5.97 Å². The Labute approximate surface area is 201 Å². The van der Waals surface area contributed by atoms with Crippen molar-refractivity contribution in [3.05, 3.63) is 71.2 Å². The van der Waals surface area contributed by atoms with E-state index in [-0.39, 0.29) is 41.8 Å². The minimum atomic E-state index is -3.48. The number of carboxylic acids is 1. The molecule has 0 aliphatic heterocycles. The Bertz CT molecular complexity index is 1300. The minimum Gasteiger partial charge on any atom is -0.487 e. The highest BCUT2D eigenvalue weighted by atomic mass is 32.2. The van der Waals surface area contributed by atoms with Crippen molar-refractivity contribution in [1.29, 1.82) is 0 Å². The molecule has 0 aliphatic carbocycles. The third kappa shape index (κ3) is 7.90. The van der Waals surface area contributed by atoms with E-state index in [4.69, 9.17) is 14.1 Å². The first-order valence-electron chi connectivity index (χ1n) is 10.5. The number of rotatable bonds is 12. The summed E-state index contributed by atoms with van der Waals surface area (Å²) in [7, 11) is -3.48. The van der Waals surface area contributed by atoms with Crippen molar-refractivity contribution in [2.24, 2.45) is 5.16 Å². The molecule has 186 valence electrons. The number of ether oxygens (including phenoxy) is 1. The average molecular weight is 506 g/mol. The van der Waals surface area contributed by atoms with E-state index in [0.29, 0.717) is 29.8 Å². The van der Waals surface area contributed by atoms with Crippen molar-refractivity contribution in [2.45, 2.75) is 19.9 Å². The zero-order chi connectivity index (χ0) is 25.4. The molecule has 0 atom stereocenters. The molecule has 1 aromatic heterocycles. The fourth-order valence-electron chi connectivity index (χ4n) is 2.86. The van der Waals surface area contributed by atoms with E-state index in [1.807, 2.05) is 6.92 Å². The lowest BCUT2D eigenvalue weighted by Gasteiger charge is -2.11. The third-order valence-corrected chi connectivity index (χ3v) is 5.20. The number of nitrogens with zero attached hydrogens (tertiary/aromatic N) is 2. The predicted octanol–water partition coefficient (Wildman–Crippen LogP) is 3.44. The van der Waals surface area contributed by atoms with E-state index < -0.39 is 16.0 Å². The first-order chi connectivity index (χ1) is 16.6. The van der Waals surface area contributed by atoms with Crippen LogP contribution >= 0.6 is 0 Å². The second-order valence-corrected chi connectivity index (χ2v) is 9.34. The molecule has 1 heterocycles. The first kappa shape index (κ1) is 25.8. The number of carboxylic acid groups (broad SMARTS) is 1. The number of sulfonamides is 1. The van der Waals surface area contributed by atoms with Gasteiger partial charge in [-0.1, -0.05) is 17.2 Å². The lowest BCUT2D eigenvalue weighted by atomic mass is 10.1. The summed E-state index contributed by atoms with van der Waals surface area (Å²) in [6.07, 6.45) is 1.72. The van der Waals surface area contributed by atoms with Crippen LogP contribution in [0.5, 0.6) is 5.75 Å². The Kier molecular flexibility index (Phi) is 8.55. The van der Waals surface area contributed by atoms with Crippen LogP contribution in [0, 0.1) is 5.82 Å².